The van der Waals surface area contributed by atoms with Crippen LogP contribution in [-0.4, -0.2) is 50.0 Å². The smallest absolute Gasteiger partial charge is 0.253 e. The van der Waals surface area contributed by atoms with Crippen molar-refractivity contribution in [2.24, 2.45) is 5.92 Å². The molecule has 0 bridgehead atoms. The van der Waals surface area contributed by atoms with Crippen LogP contribution < -0.4 is 5.32 Å². The van der Waals surface area contributed by atoms with Gasteiger partial charge in [0.2, 0.25) is 5.91 Å². The minimum absolute atomic E-state index is 0.0557. The van der Waals surface area contributed by atoms with E-state index < -0.39 is 11.7 Å². The van der Waals surface area contributed by atoms with E-state index in [2.05, 4.69) is 20.8 Å². The molecule has 2 amide bonds. The number of anilines is 1. The minimum atomic E-state index is -0.549. The van der Waals surface area contributed by atoms with Gasteiger partial charge in [0, 0.05) is 18.7 Å². The van der Waals surface area contributed by atoms with Crippen LogP contribution in [0.1, 0.15) is 40.2 Å². The molecule has 0 spiro atoms. The number of nitrogens with one attached hydrogen (secondary N) is 1. The number of likely N-dealkylation sites (tertiary alicyclic amines) is 1. The molecule has 1 aromatic heterocycles. The summed E-state index contributed by atoms with van der Waals surface area (Å²) in [5.41, 5.74) is 3.26. The third kappa shape index (κ3) is 4.51. The number of amides is 2. The van der Waals surface area contributed by atoms with Crippen molar-refractivity contribution in [2.45, 2.75) is 33.6 Å². The molecule has 0 radical (unpaired) electrons. The molecule has 0 saturated carbocycles. The molecule has 2 heterocycles. The van der Waals surface area contributed by atoms with Gasteiger partial charge in [0.25, 0.3) is 5.91 Å². The zero-order valence-corrected chi connectivity index (χ0v) is 18.3. The maximum atomic E-state index is 14.4. The number of tetrazole rings is 1. The normalized spacial score (nSPS) is 16.1. The Balaban J connectivity index is 1.48. The van der Waals surface area contributed by atoms with Gasteiger partial charge in [-0.2, -0.15) is 4.68 Å². The molecule has 1 aliphatic heterocycles. The number of benzene rings is 2. The van der Waals surface area contributed by atoms with Gasteiger partial charge in [-0.1, -0.05) is 17.2 Å². The van der Waals surface area contributed by atoms with Crippen molar-refractivity contribution >= 4 is 17.5 Å². The predicted molar refractivity (Wildman–Crippen MR) is 117 cm³/mol. The van der Waals surface area contributed by atoms with Crippen molar-refractivity contribution in [1.29, 1.82) is 0 Å². The van der Waals surface area contributed by atoms with E-state index in [1.54, 1.807) is 17.9 Å². The minimum Gasteiger partial charge on any atom is -0.338 e. The summed E-state index contributed by atoms with van der Waals surface area (Å²) in [6, 6.07) is 10.0. The number of carbonyl (C=O) groups is 2. The fraction of sp³-hybridized carbons (Fsp3) is 0.348. The summed E-state index contributed by atoms with van der Waals surface area (Å²) >= 11 is 0. The van der Waals surface area contributed by atoms with Crippen LogP contribution >= 0.6 is 0 Å². The van der Waals surface area contributed by atoms with E-state index in [1.165, 1.54) is 16.8 Å². The molecule has 0 aliphatic carbocycles. The first-order chi connectivity index (χ1) is 15.3. The number of nitrogens with zero attached hydrogens (tertiary/aromatic N) is 5. The Bertz CT molecular complexity index is 1150. The number of hydrogen-bond donors (Lipinski definition) is 1. The zero-order chi connectivity index (χ0) is 22.8. The first kappa shape index (κ1) is 21.6. The van der Waals surface area contributed by atoms with E-state index in [1.807, 2.05) is 32.0 Å². The number of piperidine rings is 1. The maximum absolute atomic E-state index is 14.4. The second-order valence-corrected chi connectivity index (χ2v) is 8.26. The monoisotopic (exact) mass is 436 g/mol. The van der Waals surface area contributed by atoms with Crippen LogP contribution in [-0.2, 0) is 4.79 Å². The highest BCUT2D eigenvalue weighted by molar-refractivity contribution is 5.96. The van der Waals surface area contributed by atoms with Crippen molar-refractivity contribution in [1.82, 2.24) is 25.1 Å². The molecule has 2 aromatic carbocycles. The predicted octanol–water partition coefficient (Wildman–Crippen LogP) is 3.22. The van der Waals surface area contributed by atoms with Gasteiger partial charge in [-0.3, -0.25) is 9.59 Å². The van der Waals surface area contributed by atoms with Crippen LogP contribution in [0.3, 0.4) is 0 Å². The Morgan fingerprint density at radius 1 is 1.09 bits per heavy atom. The SMILES string of the molecule is Cc1cc(C)cc(C(=O)N2CCCC(C(=O)Nc3cc(-n4nnnc4C)ccc3F)C2)c1. The van der Waals surface area contributed by atoms with Gasteiger partial charge in [0.05, 0.1) is 17.3 Å². The molecule has 32 heavy (non-hydrogen) atoms. The van der Waals surface area contributed by atoms with Gasteiger partial charge in [0.1, 0.15) is 5.82 Å². The first-order valence-corrected chi connectivity index (χ1v) is 10.5. The van der Waals surface area contributed by atoms with Crippen LogP contribution in [0, 0.1) is 32.5 Å². The Labute approximate surface area is 185 Å². The van der Waals surface area contributed by atoms with Crippen LogP contribution in [0.15, 0.2) is 36.4 Å². The molecule has 1 saturated heterocycles. The number of aryl methyl sites for hydroxylation is 3. The van der Waals surface area contributed by atoms with E-state index in [4.69, 9.17) is 0 Å². The highest BCUT2D eigenvalue weighted by atomic mass is 19.1. The molecular weight excluding hydrogens is 411 g/mol. The Hall–Kier alpha value is -3.62. The van der Waals surface area contributed by atoms with Crippen molar-refractivity contribution in [2.75, 3.05) is 18.4 Å². The summed E-state index contributed by atoms with van der Waals surface area (Å²) in [6.07, 6.45) is 1.34. The van der Waals surface area contributed by atoms with E-state index in [-0.39, 0.29) is 17.5 Å². The number of carbonyl (C=O) groups excluding carboxylic acids is 2. The van der Waals surface area contributed by atoms with Gasteiger partial charge in [-0.25, -0.2) is 4.39 Å². The van der Waals surface area contributed by atoms with E-state index >= 15 is 0 Å². The molecule has 166 valence electrons. The average molecular weight is 436 g/mol. The molecule has 1 N–H and O–H groups in total. The Kier molecular flexibility index (Phi) is 5.98. The summed E-state index contributed by atoms with van der Waals surface area (Å²) in [4.78, 5) is 27.6. The second-order valence-electron chi connectivity index (χ2n) is 8.26. The van der Waals surface area contributed by atoms with Crippen LogP contribution in [0.25, 0.3) is 5.69 Å². The van der Waals surface area contributed by atoms with Crippen molar-refractivity contribution in [3.63, 3.8) is 0 Å². The first-order valence-electron chi connectivity index (χ1n) is 10.5. The lowest BCUT2D eigenvalue weighted by Crippen LogP contribution is -2.43. The molecule has 1 fully saturated rings. The van der Waals surface area contributed by atoms with Gasteiger partial charge < -0.3 is 10.2 Å². The Morgan fingerprint density at radius 3 is 2.53 bits per heavy atom. The van der Waals surface area contributed by atoms with Gasteiger partial charge in [-0.05, 0) is 74.4 Å². The lowest BCUT2D eigenvalue weighted by molar-refractivity contribution is -0.121. The van der Waals surface area contributed by atoms with Crippen LogP contribution in [0.4, 0.5) is 10.1 Å². The maximum Gasteiger partial charge on any atom is 0.253 e. The molecule has 1 unspecified atom stereocenters. The molecular formula is C23H25FN6O2. The fourth-order valence-corrected chi connectivity index (χ4v) is 4.10. The van der Waals surface area contributed by atoms with Crippen LogP contribution in [0.2, 0.25) is 0 Å². The highest BCUT2D eigenvalue weighted by Gasteiger charge is 2.29. The lowest BCUT2D eigenvalue weighted by atomic mass is 9.96. The highest BCUT2D eigenvalue weighted by Crippen LogP contribution is 2.24. The van der Waals surface area contributed by atoms with Crippen molar-refractivity contribution in [3.8, 4) is 5.69 Å². The second kappa shape index (κ2) is 8.86. The Morgan fingerprint density at radius 2 is 1.84 bits per heavy atom. The summed E-state index contributed by atoms with van der Waals surface area (Å²) < 4.78 is 15.9. The van der Waals surface area contributed by atoms with Crippen molar-refractivity contribution in [3.05, 3.63) is 64.7 Å². The molecule has 9 heteroatoms. The summed E-state index contributed by atoms with van der Waals surface area (Å²) in [6.45, 7) is 6.53. The summed E-state index contributed by atoms with van der Waals surface area (Å²) in [5, 5.41) is 14.0. The zero-order valence-electron chi connectivity index (χ0n) is 18.3. The standard InChI is InChI=1S/C23H25FN6O2/c1-14-9-15(2)11-18(10-14)23(32)29-8-4-5-17(13-29)22(31)25-21-12-19(6-7-20(21)24)30-16(3)26-27-28-30/h6-7,9-12,17H,4-5,8,13H2,1-3H3,(H,25,31). The van der Waals surface area contributed by atoms with Crippen LogP contribution in [0.5, 0.6) is 0 Å². The average Bonchev–Trinajstić information content (AvgIpc) is 3.20. The lowest BCUT2D eigenvalue weighted by Gasteiger charge is -2.32. The number of rotatable bonds is 4. The topological polar surface area (TPSA) is 93.0 Å². The number of hydrogen-bond acceptors (Lipinski definition) is 5. The van der Waals surface area contributed by atoms with E-state index in [0.29, 0.717) is 43.0 Å². The summed E-state index contributed by atoms with van der Waals surface area (Å²) in [5.74, 6) is -0.825. The third-order valence-electron chi connectivity index (χ3n) is 5.63. The molecule has 4 rings (SSSR count). The fourth-order valence-electron chi connectivity index (χ4n) is 4.10. The van der Waals surface area contributed by atoms with E-state index in [9.17, 15) is 14.0 Å². The third-order valence-corrected chi connectivity index (χ3v) is 5.63. The summed E-state index contributed by atoms with van der Waals surface area (Å²) in [7, 11) is 0. The van der Waals surface area contributed by atoms with Gasteiger partial charge in [-0.15, -0.1) is 5.10 Å². The molecule has 1 atom stereocenters. The number of halogens is 1. The number of aromatic nitrogens is 4. The molecule has 8 nitrogen and oxygen atoms in total. The quantitative estimate of drug-likeness (QED) is 0.678. The largest absolute Gasteiger partial charge is 0.338 e. The molecule has 1 aliphatic rings. The van der Waals surface area contributed by atoms with Crippen molar-refractivity contribution < 1.29 is 14.0 Å². The molecule has 3 aromatic rings. The van der Waals surface area contributed by atoms with Gasteiger partial charge in [0.15, 0.2) is 5.82 Å². The van der Waals surface area contributed by atoms with Gasteiger partial charge >= 0.3 is 0 Å². The van der Waals surface area contributed by atoms with E-state index in [0.717, 1.165) is 11.1 Å².